The molecule has 0 saturated carbocycles. The summed E-state index contributed by atoms with van der Waals surface area (Å²) in [5, 5.41) is 8.55. The molecule has 1 aromatic rings. The smallest absolute Gasteiger partial charge is 0.224 e. The number of imidazole rings is 1. The van der Waals surface area contributed by atoms with Gasteiger partial charge in [0.25, 0.3) is 0 Å². The minimum absolute atomic E-state index is 0.0953. The number of hydrogen-bond donors (Lipinski definition) is 0. The lowest BCUT2D eigenvalue weighted by molar-refractivity contribution is -0.130. The minimum Gasteiger partial charge on any atom is -0.345 e. The first-order chi connectivity index (χ1) is 9.63. The van der Waals surface area contributed by atoms with Crippen LogP contribution in [0.2, 0.25) is 0 Å². The Kier molecular flexibility index (Phi) is 4.78. The Labute approximate surface area is 120 Å². The summed E-state index contributed by atoms with van der Waals surface area (Å²) in [5.74, 6) is 1.11. The number of rotatable bonds is 5. The summed E-state index contributed by atoms with van der Waals surface area (Å²) in [4.78, 5) is 18.3. The molecule has 0 N–H and O–H groups in total. The molecule has 2 rings (SSSR count). The quantitative estimate of drug-likeness (QED) is 0.823. The molecule has 0 saturated heterocycles. The van der Waals surface area contributed by atoms with E-state index < -0.39 is 0 Å². The van der Waals surface area contributed by atoms with Gasteiger partial charge in [0.05, 0.1) is 18.2 Å². The number of fused-ring (bicyclic) bond motifs is 1. The summed E-state index contributed by atoms with van der Waals surface area (Å²) in [7, 11) is 1.76. The van der Waals surface area contributed by atoms with Crippen molar-refractivity contribution in [2.75, 3.05) is 13.6 Å². The van der Waals surface area contributed by atoms with Crippen LogP contribution in [-0.2, 0) is 24.2 Å². The van der Waals surface area contributed by atoms with Crippen LogP contribution in [0.4, 0.5) is 0 Å². The largest absolute Gasteiger partial charge is 0.345 e. The van der Waals surface area contributed by atoms with Crippen molar-refractivity contribution in [3.8, 4) is 6.07 Å². The van der Waals surface area contributed by atoms with Gasteiger partial charge in [-0.05, 0) is 32.6 Å². The molecule has 1 heterocycles. The summed E-state index contributed by atoms with van der Waals surface area (Å²) < 4.78 is 2.20. The van der Waals surface area contributed by atoms with Crippen LogP contribution in [0.1, 0.15) is 42.9 Å². The number of nitriles is 1. The van der Waals surface area contributed by atoms with Crippen LogP contribution in [0, 0.1) is 18.3 Å². The second kappa shape index (κ2) is 6.56. The molecule has 1 aliphatic rings. The Hall–Kier alpha value is -1.83. The number of hydrogen-bond acceptors (Lipinski definition) is 3. The van der Waals surface area contributed by atoms with Crippen LogP contribution < -0.4 is 0 Å². The number of carbonyl (C=O) groups excluding carboxylic acids is 1. The highest BCUT2D eigenvalue weighted by Gasteiger charge is 2.18. The molecule has 1 amide bonds. The van der Waals surface area contributed by atoms with Crippen molar-refractivity contribution >= 4 is 5.91 Å². The maximum atomic E-state index is 12.0. The summed E-state index contributed by atoms with van der Waals surface area (Å²) in [6.07, 6.45) is 5.45. The third kappa shape index (κ3) is 3.19. The van der Waals surface area contributed by atoms with Gasteiger partial charge >= 0.3 is 0 Å². The van der Waals surface area contributed by atoms with Gasteiger partial charge in [0.15, 0.2) is 0 Å². The van der Waals surface area contributed by atoms with Crippen molar-refractivity contribution in [2.24, 2.45) is 0 Å². The Morgan fingerprint density at radius 1 is 1.45 bits per heavy atom. The molecule has 1 aromatic heterocycles. The molecular weight excluding hydrogens is 252 g/mol. The maximum Gasteiger partial charge on any atom is 0.224 e. The summed E-state index contributed by atoms with van der Waals surface area (Å²) in [6, 6.07) is 2.06. The zero-order chi connectivity index (χ0) is 14.5. The molecule has 0 bridgehead atoms. The molecule has 5 nitrogen and oxygen atoms in total. The number of aryl methyl sites for hydroxylation is 2. The predicted octanol–water partition coefficient (Wildman–Crippen LogP) is 1.83. The fraction of sp³-hybridized carbons (Fsp3) is 0.667. The summed E-state index contributed by atoms with van der Waals surface area (Å²) in [6.45, 7) is 3.22. The van der Waals surface area contributed by atoms with E-state index in [1.54, 1.807) is 11.9 Å². The first-order valence-electron chi connectivity index (χ1n) is 7.29. The van der Waals surface area contributed by atoms with E-state index in [0.717, 1.165) is 18.7 Å². The van der Waals surface area contributed by atoms with Crippen molar-refractivity contribution in [1.29, 1.82) is 5.26 Å². The van der Waals surface area contributed by atoms with Gasteiger partial charge < -0.3 is 9.47 Å². The molecule has 0 aromatic carbocycles. The third-order valence-corrected chi connectivity index (χ3v) is 3.96. The second-order valence-electron chi connectivity index (χ2n) is 5.38. The van der Waals surface area contributed by atoms with Gasteiger partial charge in [-0.25, -0.2) is 4.98 Å². The highest BCUT2D eigenvalue weighted by Crippen LogP contribution is 2.22. The van der Waals surface area contributed by atoms with E-state index in [0.29, 0.717) is 25.9 Å². The normalized spacial score (nSPS) is 13.7. The lowest BCUT2D eigenvalue weighted by atomic mass is 10.0. The molecule has 0 fully saturated rings. The summed E-state index contributed by atoms with van der Waals surface area (Å²) in [5.41, 5.74) is 2.54. The monoisotopic (exact) mass is 274 g/mol. The van der Waals surface area contributed by atoms with Crippen molar-refractivity contribution in [1.82, 2.24) is 14.5 Å². The van der Waals surface area contributed by atoms with Gasteiger partial charge in [0, 0.05) is 32.3 Å². The zero-order valence-electron chi connectivity index (χ0n) is 12.4. The molecule has 0 radical (unpaired) electrons. The molecule has 0 unspecified atom stereocenters. The van der Waals surface area contributed by atoms with Gasteiger partial charge in [-0.2, -0.15) is 5.26 Å². The van der Waals surface area contributed by atoms with Crippen LogP contribution in [0.5, 0.6) is 0 Å². The highest BCUT2D eigenvalue weighted by molar-refractivity contribution is 5.75. The zero-order valence-corrected chi connectivity index (χ0v) is 12.4. The molecule has 0 aliphatic heterocycles. The lowest BCUT2D eigenvalue weighted by Gasteiger charge is -2.18. The van der Waals surface area contributed by atoms with Crippen LogP contribution in [0.3, 0.4) is 0 Å². The summed E-state index contributed by atoms with van der Waals surface area (Å²) >= 11 is 0. The Morgan fingerprint density at radius 2 is 2.20 bits per heavy atom. The first-order valence-corrected chi connectivity index (χ1v) is 7.29. The number of carbonyl (C=O) groups is 1. The van der Waals surface area contributed by atoms with Gasteiger partial charge in [-0.1, -0.05) is 0 Å². The SMILES string of the molecule is Cc1nc2c(n1CCC(=O)N(C)CCC#N)CCCC2. The van der Waals surface area contributed by atoms with Crippen LogP contribution in [0.25, 0.3) is 0 Å². The Balaban J connectivity index is 1.96. The predicted molar refractivity (Wildman–Crippen MR) is 76.1 cm³/mol. The standard InChI is InChI=1S/C15H22N4O/c1-12-17-13-6-3-4-7-14(13)19(12)11-8-15(20)18(2)10-5-9-16/h3-8,10-11H2,1-2H3. The van der Waals surface area contributed by atoms with Gasteiger partial charge in [-0.15, -0.1) is 0 Å². The Morgan fingerprint density at radius 3 is 2.95 bits per heavy atom. The van der Waals surface area contributed by atoms with Crippen LogP contribution in [-0.4, -0.2) is 34.0 Å². The average molecular weight is 274 g/mol. The fourth-order valence-electron chi connectivity index (χ4n) is 2.77. The van der Waals surface area contributed by atoms with E-state index >= 15 is 0 Å². The van der Waals surface area contributed by atoms with Crippen LogP contribution >= 0.6 is 0 Å². The topological polar surface area (TPSA) is 61.9 Å². The molecule has 0 spiro atoms. The average Bonchev–Trinajstić information content (AvgIpc) is 2.77. The molecule has 5 heteroatoms. The fourth-order valence-corrected chi connectivity index (χ4v) is 2.77. The molecule has 108 valence electrons. The molecule has 1 aliphatic carbocycles. The van der Waals surface area contributed by atoms with Gasteiger partial charge in [0.2, 0.25) is 5.91 Å². The van der Waals surface area contributed by atoms with E-state index in [2.05, 4.69) is 15.6 Å². The van der Waals surface area contributed by atoms with E-state index in [1.807, 2.05) is 6.92 Å². The lowest BCUT2D eigenvalue weighted by Crippen LogP contribution is -2.28. The van der Waals surface area contributed by atoms with E-state index in [1.165, 1.54) is 24.2 Å². The van der Waals surface area contributed by atoms with Crippen molar-refractivity contribution in [3.05, 3.63) is 17.2 Å². The second-order valence-corrected chi connectivity index (χ2v) is 5.38. The highest BCUT2D eigenvalue weighted by atomic mass is 16.2. The maximum absolute atomic E-state index is 12.0. The molecular formula is C15H22N4O. The molecule has 20 heavy (non-hydrogen) atoms. The number of aromatic nitrogens is 2. The number of amides is 1. The van der Waals surface area contributed by atoms with Gasteiger partial charge in [0.1, 0.15) is 5.82 Å². The number of nitrogens with zero attached hydrogens (tertiary/aromatic N) is 4. The van der Waals surface area contributed by atoms with E-state index in [-0.39, 0.29) is 5.91 Å². The minimum atomic E-state index is 0.0953. The van der Waals surface area contributed by atoms with E-state index in [9.17, 15) is 4.79 Å². The molecule has 0 atom stereocenters. The Bertz CT molecular complexity index is 527. The van der Waals surface area contributed by atoms with Crippen LogP contribution in [0.15, 0.2) is 0 Å². The van der Waals surface area contributed by atoms with E-state index in [4.69, 9.17) is 5.26 Å². The van der Waals surface area contributed by atoms with Crippen molar-refractivity contribution in [3.63, 3.8) is 0 Å². The first kappa shape index (κ1) is 14.6. The van der Waals surface area contributed by atoms with Crippen molar-refractivity contribution < 1.29 is 4.79 Å². The third-order valence-electron chi connectivity index (χ3n) is 3.96. The van der Waals surface area contributed by atoms with Crippen molar-refractivity contribution in [2.45, 2.75) is 52.0 Å². The van der Waals surface area contributed by atoms with Gasteiger partial charge in [-0.3, -0.25) is 4.79 Å².